The highest BCUT2D eigenvalue weighted by molar-refractivity contribution is 6.55. The average Bonchev–Trinajstić information content (AvgIpc) is 2.57. The van der Waals surface area contributed by atoms with Crippen molar-refractivity contribution in [2.45, 2.75) is 19.3 Å². The van der Waals surface area contributed by atoms with Gasteiger partial charge in [-0.15, -0.1) is 0 Å². The first kappa shape index (κ1) is 20.3. The van der Waals surface area contributed by atoms with Crippen LogP contribution in [0.25, 0.3) is 0 Å². The molecule has 0 bridgehead atoms. The van der Waals surface area contributed by atoms with Gasteiger partial charge in [-0.05, 0) is 30.9 Å². The third kappa shape index (κ3) is 7.37. The number of rotatable bonds is 9. The van der Waals surface area contributed by atoms with Gasteiger partial charge >= 0.3 is 0 Å². The molecule has 6 heteroatoms. The molecular weight excluding hydrogens is 402 g/mol. The van der Waals surface area contributed by atoms with E-state index in [4.69, 9.17) is 55.9 Å². The molecule has 0 aromatic heterocycles. The normalized spacial score (nSPS) is 10.4. The van der Waals surface area contributed by atoms with E-state index in [2.05, 4.69) is 12.1 Å². The molecule has 0 atom stereocenters. The summed E-state index contributed by atoms with van der Waals surface area (Å²) in [5.74, 6) is 0.999. The maximum atomic E-state index is 6.23. The summed E-state index contributed by atoms with van der Waals surface area (Å²) in [7, 11) is 0. The summed E-state index contributed by atoms with van der Waals surface area (Å²) >= 11 is 23.5. The number of benzene rings is 2. The van der Waals surface area contributed by atoms with Gasteiger partial charge in [0.2, 0.25) is 0 Å². The SMILES string of the molecule is ClC(Cl)=CCOc1cc(Cl)c(OCCCCc2ccccc2)c(Cl)c1. The highest BCUT2D eigenvalue weighted by atomic mass is 35.5. The highest BCUT2D eigenvalue weighted by Gasteiger charge is 2.10. The van der Waals surface area contributed by atoms with Crippen LogP contribution in [-0.2, 0) is 6.42 Å². The van der Waals surface area contributed by atoms with Crippen LogP contribution < -0.4 is 9.47 Å². The van der Waals surface area contributed by atoms with Crippen LogP contribution in [0.3, 0.4) is 0 Å². The first-order chi connectivity index (χ1) is 12.1. The van der Waals surface area contributed by atoms with Gasteiger partial charge in [-0.2, -0.15) is 0 Å². The molecule has 0 saturated carbocycles. The third-order valence-corrected chi connectivity index (χ3v) is 4.28. The molecule has 0 aliphatic carbocycles. The van der Waals surface area contributed by atoms with Crippen molar-refractivity contribution in [1.29, 1.82) is 0 Å². The minimum Gasteiger partial charge on any atom is -0.490 e. The molecule has 0 unspecified atom stereocenters. The van der Waals surface area contributed by atoms with E-state index >= 15 is 0 Å². The summed E-state index contributed by atoms with van der Waals surface area (Å²) in [5, 5.41) is 0.818. The molecule has 0 heterocycles. The van der Waals surface area contributed by atoms with Crippen LogP contribution in [0.2, 0.25) is 10.0 Å². The summed E-state index contributed by atoms with van der Waals surface area (Å²) in [6.07, 6.45) is 4.50. The summed E-state index contributed by atoms with van der Waals surface area (Å²) in [5.41, 5.74) is 1.33. The van der Waals surface area contributed by atoms with Gasteiger partial charge in [-0.1, -0.05) is 76.7 Å². The minimum absolute atomic E-state index is 0.146. The van der Waals surface area contributed by atoms with E-state index in [-0.39, 0.29) is 11.1 Å². The number of halogens is 4. The molecule has 134 valence electrons. The number of aryl methyl sites for hydroxylation is 1. The van der Waals surface area contributed by atoms with Crippen LogP contribution in [0.4, 0.5) is 0 Å². The Balaban J connectivity index is 1.80. The molecule has 25 heavy (non-hydrogen) atoms. The van der Waals surface area contributed by atoms with Gasteiger partial charge in [0.25, 0.3) is 0 Å². The Morgan fingerprint density at radius 2 is 1.60 bits per heavy atom. The molecule has 2 rings (SSSR count). The molecule has 2 nitrogen and oxygen atoms in total. The van der Waals surface area contributed by atoms with E-state index < -0.39 is 0 Å². The standard InChI is InChI=1S/C19H18Cl4O2/c20-16-12-15(24-11-9-18(22)23)13-17(21)19(16)25-10-5-4-8-14-6-2-1-3-7-14/h1-3,6-7,9,12-13H,4-5,8,10-11H2. The topological polar surface area (TPSA) is 18.5 Å². The van der Waals surface area contributed by atoms with Gasteiger partial charge in [-0.3, -0.25) is 0 Å². The Hall–Kier alpha value is -1.06. The maximum absolute atomic E-state index is 6.23. The van der Waals surface area contributed by atoms with Crippen molar-refractivity contribution in [2.75, 3.05) is 13.2 Å². The van der Waals surface area contributed by atoms with Crippen molar-refractivity contribution >= 4 is 46.4 Å². The van der Waals surface area contributed by atoms with E-state index in [1.165, 1.54) is 11.6 Å². The predicted molar refractivity (Wildman–Crippen MR) is 107 cm³/mol. The summed E-state index contributed by atoms with van der Waals surface area (Å²) in [4.78, 5) is 0. The fraction of sp³-hybridized carbons (Fsp3) is 0.263. The quantitative estimate of drug-likeness (QED) is 0.403. The average molecular weight is 420 g/mol. The van der Waals surface area contributed by atoms with Crippen LogP contribution in [-0.4, -0.2) is 13.2 Å². The molecule has 0 N–H and O–H groups in total. The van der Waals surface area contributed by atoms with Gasteiger partial charge in [-0.25, -0.2) is 0 Å². The van der Waals surface area contributed by atoms with Crippen LogP contribution in [0.5, 0.6) is 11.5 Å². The maximum Gasteiger partial charge on any atom is 0.156 e. The summed E-state index contributed by atoms with van der Waals surface area (Å²) in [6, 6.07) is 13.7. The summed E-state index contributed by atoms with van der Waals surface area (Å²) < 4.78 is 11.3. The van der Waals surface area contributed by atoms with E-state index in [0.717, 1.165) is 19.3 Å². The Morgan fingerprint density at radius 3 is 2.24 bits per heavy atom. The monoisotopic (exact) mass is 418 g/mol. The lowest BCUT2D eigenvalue weighted by molar-refractivity contribution is 0.306. The Kier molecular flexibility index (Phi) is 8.77. The zero-order valence-electron chi connectivity index (χ0n) is 13.5. The molecule has 0 aliphatic heterocycles. The zero-order chi connectivity index (χ0) is 18.1. The van der Waals surface area contributed by atoms with Gasteiger partial charge < -0.3 is 9.47 Å². The van der Waals surface area contributed by atoms with Crippen molar-refractivity contribution in [1.82, 2.24) is 0 Å². The first-order valence-electron chi connectivity index (χ1n) is 7.86. The lowest BCUT2D eigenvalue weighted by atomic mass is 10.1. The van der Waals surface area contributed by atoms with Gasteiger partial charge in [0.15, 0.2) is 5.75 Å². The van der Waals surface area contributed by atoms with E-state index in [1.807, 2.05) is 18.2 Å². The van der Waals surface area contributed by atoms with Crippen LogP contribution in [0, 0.1) is 0 Å². The summed E-state index contributed by atoms with van der Waals surface area (Å²) in [6.45, 7) is 0.783. The van der Waals surface area contributed by atoms with Crippen molar-refractivity contribution < 1.29 is 9.47 Å². The molecule has 0 radical (unpaired) electrons. The second kappa shape index (κ2) is 10.8. The molecule has 2 aromatic rings. The second-order valence-electron chi connectivity index (χ2n) is 5.31. The van der Waals surface area contributed by atoms with Crippen molar-refractivity contribution in [3.8, 4) is 11.5 Å². The molecule has 0 saturated heterocycles. The largest absolute Gasteiger partial charge is 0.490 e. The highest BCUT2D eigenvalue weighted by Crippen LogP contribution is 2.37. The van der Waals surface area contributed by atoms with Gasteiger partial charge in [0.1, 0.15) is 16.8 Å². The second-order valence-corrected chi connectivity index (χ2v) is 7.13. The third-order valence-electron chi connectivity index (χ3n) is 3.41. The fourth-order valence-corrected chi connectivity index (χ4v) is 2.91. The number of unbranched alkanes of at least 4 members (excludes halogenated alkanes) is 1. The van der Waals surface area contributed by atoms with Crippen molar-refractivity contribution in [3.63, 3.8) is 0 Å². The minimum atomic E-state index is 0.146. The first-order valence-corrected chi connectivity index (χ1v) is 9.37. The lowest BCUT2D eigenvalue weighted by Crippen LogP contribution is -2.00. The number of hydrogen-bond acceptors (Lipinski definition) is 2. The number of hydrogen-bond donors (Lipinski definition) is 0. The molecule has 0 spiro atoms. The lowest BCUT2D eigenvalue weighted by Gasteiger charge is -2.12. The van der Waals surface area contributed by atoms with Crippen LogP contribution in [0.15, 0.2) is 53.0 Å². The molecule has 0 amide bonds. The van der Waals surface area contributed by atoms with Gasteiger partial charge in [0, 0.05) is 12.1 Å². The zero-order valence-corrected chi connectivity index (χ0v) is 16.5. The van der Waals surface area contributed by atoms with Crippen molar-refractivity contribution in [3.05, 3.63) is 68.6 Å². The van der Waals surface area contributed by atoms with E-state index in [0.29, 0.717) is 28.2 Å². The smallest absolute Gasteiger partial charge is 0.156 e. The Labute approximate surface area is 168 Å². The molecule has 0 fully saturated rings. The van der Waals surface area contributed by atoms with E-state index in [1.54, 1.807) is 12.1 Å². The van der Waals surface area contributed by atoms with Crippen LogP contribution >= 0.6 is 46.4 Å². The van der Waals surface area contributed by atoms with Crippen LogP contribution in [0.1, 0.15) is 18.4 Å². The van der Waals surface area contributed by atoms with Gasteiger partial charge in [0.05, 0.1) is 16.7 Å². The fourth-order valence-electron chi connectivity index (χ4n) is 2.21. The Bertz CT molecular complexity index is 675. The predicted octanol–water partition coefficient (Wildman–Crippen LogP) is 7.09. The number of ether oxygens (including phenoxy) is 2. The molecule has 0 aliphatic rings. The van der Waals surface area contributed by atoms with Crippen molar-refractivity contribution in [2.24, 2.45) is 0 Å². The molecular formula is C19H18Cl4O2. The molecule has 2 aromatic carbocycles. The Morgan fingerprint density at radius 1 is 0.920 bits per heavy atom. The van der Waals surface area contributed by atoms with E-state index in [9.17, 15) is 0 Å².